The van der Waals surface area contributed by atoms with E-state index in [-0.39, 0.29) is 13.2 Å². The Kier molecular flexibility index (Phi) is 15.9. The Morgan fingerprint density at radius 1 is 0.955 bits per heavy atom. The van der Waals surface area contributed by atoms with Crippen LogP contribution < -0.4 is 0 Å². The van der Waals surface area contributed by atoms with Gasteiger partial charge in [0, 0.05) is 6.61 Å². The Bertz CT molecular complexity index is 245. The molecule has 0 radical (unpaired) electrons. The number of methoxy groups -OCH3 is 1. The van der Waals surface area contributed by atoms with Gasteiger partial charge in [-0.1, -0.05) is 64.7 Å². The molecule has 22 heavy (non-hydrogen) atoms. The average Bonchev–Trinajstić information content (AvgIpc) is 2.54. The van der Waals surface area contributed by atoms with Crippen LogP contribution in [0.3, 0.4) is 0 Å². The summed E-state index contributed by atoms with van der Waals surface area (Å²) < 4.78 is 14.6. The summed E-state index contributed by atoms with van der Waals surface area (Å²) in [5, 5.41) is 9.03. The van der Waals surface area contributed by atoms with Gasteiger partial charge in [-0.05, 0) is 6.42 Å². The normalized spacial score (nSPS) is 12.1. The van der Waals surface area contributed by atoms with Crippen molar-refractivity contribution in [2.45, 2.75) is 77.2 Å². The largest absolute Gasteiger partial charge is 0.508 e. The van der Waals surface area contributed by atoms with E-state index in [2.05, 4.69) is 11.7 Å². The summed E-state index contributed by atoms with van der Waals surface area (Å²) >= 11 is 0. The molecule has 0 aliphatic carbocycles. The molecule has 0 aliphatic rings. The molecule has 0 fully saturated rings. The number of ether oxygens (including phenoxy) is 3. The number of aliphatic hydroxyl groups is 1. The van der Waals surface area contributed by atoms with Crippen molar-refractivity contribution in [2.75, 3.05) is 26.9 Å². The molecule has 0 spiro atoms. The number of aliphatic hydroxyl groups excluding tert-OH is 1. The van der Waals surface area contributed by atoms with E-state index in [1.165, 1.54) is 58.5 Å². The third-order valence-corrected chi connectivity index (χ3v) is 3.58. The quantitative estimate of drug-likeness (QED) is 0.364. The minimum atomic E-state index is -0.790. The van der Waals surface area contributed by atoms with Crippen molar-refractivity contribution in [1.29, 1.82) is 0 Å². The van der Waals surface area contributed by atoms with Crippen LogP contribution in [0.25, 0.3) is 0 Å². The van der Waals surface area contributed by atoms with Crippen molar-refractivity contribution in [1.82, 2.24) is 0 Å². The van der Waals surface area contributed by atoms with E-state index < -0.39 is 12.3 Å². The highest BCUT2D eigenvalue weighted by molar-refractivity contribution is 5.59. The Balaban J connectivity index is 3.26. The van der Waals surface area contributed by atoms with Crippen LogP contribution in [0.15, 0.2) is 0 Å². The fraction of sp³-hybridized carbons (Fsp3) is 0.941. The van der Waals surface area contributed by atoms with E-state index in [0.717, 1.165) is 12.8 Å². The lowest BCUT2D eigenvalue weighted by Crippen LogP contribution is -2.27. The van der Waals surface area contributed by atoms with Crippen LogP contribution >= 0.6 is 0 Å². The number of rotatable bonds is 15. The Morgan fingerprint density at radius 2 is 1.50 bits per heavy atom. The average molecular weight is 318 g/mol. The summed E-state index contributed by atoms with van der Waals surface area (Å²) in [5.41, 5.74) is 0. The Morgan fingerprint density at radius 3 is 2.00 bits per heavy atom. The number of unbranched alkanes of at least 4 members (excludes halogenated alkanes) is 9. The number of hydrogen-bond donors (Lipinski definition) is 1. The predicted molar refractivity (Wildman–Crippen MR) is 87.0 cm³/mol. The van der Waals surface area contributed by atoms with Gasteiger partial charge in [0.2, 0.25) is 0 Å². The van der Waals surface area contributed by atoms with Gasteiger partial charge in [0.05, 0.1) is 20.3 Å². The summed E-state index contributed by atoms with van der Waals surface area (Å²) in [4.78, 5) is 10.9. The Labute approximate surface area is 135 Å². The van der Waals surface area contributed by atoms with Gasteiger partial charge in [0.1, 0.15) is 0 Å². The van der Waals surface area contributed by atoms with Gasteiger partial charge >= 0.3 is 6.16 Å². The second-order valence-electron chi connectivity index (χ2n) is 5.63. The molecule has 132 valence electrons. The first kappa shape index (κ1) is 21.2. The minimum absolute atomic E-state index is 0.211. The summed E-state index contributed by atoms with van der Waals surface area (Å²) in [6.45, 7) is 2.83. The van der Waals surface area contributed by atoms with Gasteiger partial charge in [0.25, 0.3) is 0 Å². The standard InChI is InChI=1S/C17H34O5/c1-3-4-5-6-7-8-9-10-11-12-13-21-15-16(14-18)22-17(19)20-2/h16,18H,3-15H2,1-2H3. The zero-order valence-electron chi connectivity index (χ0n) is 14.3. The molecule has 0 saturated heterocycles. The van der Waals surface area contributed by atoms with Crippen molar-refractivity contribution in [2.24, 2.45) is 0 Å². The lowest BCUT2D eigenvalue weighted by molar-refractivity contribution is -0.0311. The van der Waals surface area contributed by atoms with E-state index >= 15 is 0 Å². The van der Waals surface area contributed by atoms with E-state index in [0.29, 0.717) is 6.61 Å². The fourth-order valence-corrected chi connectivity index (χ4v) is 2.21. The molecule has 0 saturated carbocycles. The lowest BCUT2D eigenvalue weighted by atomic mass is 10.1. The molecule has 1 atom stereocenters. The molecule has 0 heterocycles. The van der Waals surface area contributed by atoms with E-state index in [1.54, 1.807) is 0 Å². The SMILES string of the molecule is CCCCCCCCCCCCOCC(CO)OC(=O)OC. The van der Waals surface area contributed by atoms with Crippen molar-refractivity contribution >= 4 is 6.16 Å². The van der Waals surface area contributed by atoms with Gasteiger partial charge < -0.3 is 19.3 Å². The van der Waals surface area contributed by atoms with Crippen molar-refractivity contribution in [3.05, 3.63) is 0 Å². The number of carbonyl (C=O) groups excluding carboxylic acids is 1. The first-order valence-corrected chi connectivity index (χ1v) is 8.67. The summed E-state index contributed by atoms with van der Waals surface area (Å²) in [6.07, 6.45) is 11.4. The monoisotopic (exact) mass is 318 g/mol. The van der Waals surface area contributed by atoms with Crippen molar-refractivity contribution < 1.29 is 24.1 Å². The Hall–Kier alpha value is -0.810. The third kappa shape index (κ3) is 14.1. The first-order chi connectivity index (χ1) is 10.7. The predicted octanol–water partition coefficient (Wildman–Crippen LogP) is 4.07. The van der Waals surface area contributed by atoms with Gasteiger partial charge in [-0.2, -0.15) is 0 Å². The van der Waals surface area contributed by atoms with Crippen LogP contribution in [0.5, 0.6) is 0 Å². The molecule has 1 unspecified atom stereocenters. The lowest BCUT2D eigenvalue weighted by Gasteiger charge is -2.14. The maximum Gasteiger partial charge on any atom is 0.508 e. The second-order valence-corrected chi connectivity index (χ2v) is 5.63. The molecule has 5 heteroatoms. The van der Waals surface area contributed by atoms with Crippen molar-refractivity contribution in [3.63, 3.8) is 0 Å². The van der Waals surface area contributed by atoms with Crippen LogP contribution in [-0.4, -0.2) is 44.3 Å². The van der Waals surface area contributed by atoms with Gasteiger partial charge in [-0.3, -0.25) is 0 Å². The first-order valence-electron chi connectivity index (χ1n) is 8.67. The van der Waals surface area contributed by atoms with Gasteiger partial charge in [0.15, 0.2) is 6.10 Å². The van der Waals surface area contributed by atoms with Crippen LogP contribution in [0.4, 0.5) is 4.79 Å². The van der Waals surface area contributed by atoms with Gasteiger partial charge in [-0.15, -0.1) is 0 Å². The highest BCUT2D eigenvalue weighted by Gasteiger charge is 2.13. The zero-order chi connectivity index (χ0) is 16.5. The summed E-state index contributed by atoms with van der Waals surface area (Å²) in [6, 6.07) is 0. The molecule has 5 nitrogen and oxygen atoms in total. The van der Waals surface area contributed by atoms with E-state index in [9.17, 15) is 4.79 Å². The molecule has 0 aliphatic heterocycles. The molecule has 0 aromatic rings. The molecule has 1 N–H and O–H groups in total. The minimum Gasteiger partial charge on any atom is -0.438 e. The second kappa shape index (κ2) is 16.6. The fourth-order valence-electron chi connectivity index (χ4n) is 2.21. The maximum absolute atomic E-state index is 10.9. The molecular formula is C17H34O5. The van der Waals surface area contributed by atoms with Crippen LogP contribution in [0.1, 0.15) is 71.1 Å². The molecule has 0 rings (SSSR count). The summed E-state index contributed by atoms with van der Waals surface area (Å²) in [5.74, 6) is 0. The van der Waals surface area contributed by atoms with Crippen LogP contribution in [0, 0.1) is 0 Å². The molecule has 0 aromatic heterocycles. The highest BCUT2D eigenvalue weighted by Crippen LogP contribution is 2.10. The van der Waals surface area contributed by atoms with Crippen molar-refractivity contribution in [3.8, 4) is 0 Å². The third-order valence-electron chi connectivity index (χ3n) is 3.58. The van der Waals surface area contributed by atoms with Crippen LogP contribution in [-0.2, 0) is 14.2 Å². The molecular weight excluding hydrogens is 284 g/mol. The smallest absolute Gasteiger partial charge is 0.438 e. The van der Waals surface area contributed by atoms with Gasteiger partial charge in [-0.25, -0.2) is 4.79 Å². The van der Waals surface area contributed by atoms with E-state index in [1.807, 2.05) is 0 Å². The zero-order valence-corrected chi connectivity index (χ0v) is 14.3. The molecule has 0 aromatic carbocycles. The topological polar surface area (TPSA) is 65.0 Å². The van der Waals surface area contributed by atoms with Crippen LogP contribution in [0.2, 0.25) is 0 Å². The van der Waals surface area contributed by atoms with E-state index in [4.69, 9.17) is 14.6 Å². The highest BCUT2D eigenvalue weighted by atomic mass is 16.7. The molecule has 0 bridgehead atoms. The maximum atomic E-state index is 10.9. The summed E-state index contributed by atoms with van der Waals surface area (Å²) in [7, 11) is 1.24. The number of carbonyl (C=O) groups is 1. The number of hydrogen-bond acceptors (Lipinski definition) is 5. The molecule has 0 amide bonds.